The number of carbonyl (C=O) groups excluding carboxylic acids is 1. The van der Waals surface area contributed by atoms with Gasteiger partial charge in [0.1, 0.15) is 0 Å². The van der Waals surface area contributed by atoms with Crippen molar-refractivity contribution in [3.63, 3.8) is 0 Å². The lowest BCUT2D eigenvalue weighted by atomic mass is 10.2. The molecule has 0 aliphatic rings. The second-order valence-corrected chi connectivity index (χ2v) is 2.04. The van der Waals surface area contributed by atoms with Crippen LogP contribution >= 0.6 is 0 Å². The molecule has 0 rings (SSSR count). The number of aldehydes is 1. The maximum atomic E-state index is 9.93. The molecule has 0 heterocycles. The Hall–Kier alpha value is -1.13. The zero-order valence-corrected chi connectivity index (χ0v) is 5.16. The number of carbonyl (C=O) groups is 1. The second kappa shape index (κ2) is 2.43. The molecular formula is C4H7NO4. The standard InChI is InChI=1S/C4H7NO4/c1-4(2,3-6)9-5(7)8/h3H,1-2H3. The lowest BCUT2D eigenvalue weighted by Gasteiger charge is -2.11. The summed E-state index contributed by atoms with van der Waals surface area (Å²) in [6, 6.07) is 0. The van der Waals surface area contributed by atoms with Gasteiger partial charge in [0.15, 0.2) is 11.9 Å². The number of nitrogens with zero attached hydrogens (tertiary/aromatic N) is 1. The summed E-state index contributed by atoms with van der Waals surface area (Å²) in [5.74, 6) is 0. The molecule has 0 aliphatic heterocycles. The molecule has 0 aliphatic carbocycles. The van der Waals surface area contributed by atoms with E-state index in [9.17, 15) is 14.9 Å². The molecule has 9 heavy (non-hydrogen) atoms. The van der Waals surface area contributed by atoms with Crippen LogP contribution in [0.5, 0.6) is 0 Å². The minimum absolute atomic E-state index is 0.371. The molecule has 5 heteroatoms. The molecule has 5 nitrogen and oxygen atoms in total. The van der Waals surface area contributed by atoms with Gasteiger partial charge in [-0.3, -0.25) is 0 Å². The molecular weight excluding hydrogens is 126 g/mol. The van der Waals surface area contributed by atoms with Crippen molar-refractivity contribution in [2.45, 2.75) is 19.4 Å². The SMILES string of the molecule is CC(C)(C=O)O[N+](=O)[O-]. The summed E-state index contributed by atoms with van der Waals surface area (Å²) in [4.78, 5) is 23.5. The molecule has 0 aromatic heterocycles. The summed E-state index contributed by atoms with van der Waals surface area (Å²) in [5, 5.41) is 8.61. The summed E-state index contributed by atoms with van der Waals surface area (Å²) in [5.41, 5.74) is -1.32. The van der Waals surface area contributed by atoms with E-state index >= 15 is 0 Å². The lowest BCUT2D eigenvalue weighted by Crippen LogP contribution is -2.28. The molecule has 0 spiro atoms. The van der Waals surface area contributed by atoms with Crippen LogP contribution < -0.4 is 0 Å². The van der Waals surface area contributed by atoms with Gasteiger partial charge in [-0.15, -0.1) is 10.1 Å². The molecule has 0 fully saturated rings. The van der Waals surface area contributed by atoms with Crippen LogP contribution in [0.4, 0.5) is 0 Å². The van der Waals surface area contributed by atoms with Gasteiger partial charge in [-0.05, 0) is 13.8 Å². The maximum absolute atomic E-state index is 9.93. The van der Waals surface area contributed by atoms with Crippen molar-refractivity contribution in [3.8, 4) is 0 Å². The fraction of sp³-hybridized carbons (Fsp3) is 0.750. The van der Waals surface area contributed by atoms with Crippen LogP contribution in [0.25, 0.3) is 0 Å². The van der Waals surface area contributed by atoms with Gasteiger partial charge in [-0.25, -0.2) is 0 Å². The highest BCUT2D eigenvalue weighted by Gasteiger charge is 2.20. The van der Waals surface area contributed by atoms with Crippen LogP contribution in [0.15, 0.2) is 0 Å². The second-order valence-electron chi connectivity index (χ2n) is 2.04. The zero-order valence-electron chi connectivity index (χ0n) is 5.16. The monoisotopic (exact) mass is 133 g/mol. The predicted octanol–water partition coefficient (Wildman–Crippen LogP) is 0.172. The van der Waals surface area contributed by atoms with Crippen molar-refractivity contribution < 1.29 is 14.7 Å². The van der Waals surface area contributed by atoms with Crippen LogP contribution in [-0.2, 0) is 9.63 Å². The highest BCUT2D eigenvalue weighted by molar-refractivity contribution is 5.60. The molecule has 0 N–H and O–H groups in total. The lowest BCUT2D eigenvalue weighted by molar-refractivity contribution is -0.773. The third-order valence-electron chi connectivity index (χ3n) is 0.594. The third kappa shape index (κ3) is 3.45. The fourth-order valence-electron chi connectivity index (χ4n) is 0.214. The summed E-state index contributed by atoms with van der Waals surface area (Å²) in [6.45, 7) is 2.62. The first-order valence-electron chi connectivity index (χ1n) is 2.28. The van der Waals surface area contributed by atoms with Crippen LogP contribution in [-0.4, -0.2) is 17.0 Å². The van der Waals surface area contributed by atoms with Gasteiger partial charge in [-0.1, -0.05) is 0 Å². The van der Waals surface area contributed by atoms with Crippen LogP contribution in [0, 0.1) is 10.1 Å². The van der Waals surface area contributed by atoms with E-state index in [2.05, 4.69) is 4.84 Å². The Morgan fingerprint density at radius 2 is 2.11 bits per heavy atom. The molecule has 0 aromatic rings. The van der Waals surface area contributed by atoms with E-state index in [1.165, 1.54) is 13.8 Å². The minimum atomic E-state index is -1.32. The van der Waals surface area contributed by atoms with Crippen LogP contribution in [0.1, 0.15) is 13.8 Å². The molecule has 0 saturated heterocycles. The number of rotatable bonds is 3. The topological polar surface area (TPSA) is 69.4 Å². The molecule has 0 unspecified atom stereocenters. The highest BCUT2D eigenvalue weighted by atomic mass is 17.0. The van der Waals surface area contributed by atoms with Crippen molar-refractivity contribution in [1.82, 2.24) is 0 Å². The van der Waals surface area contributed by atoms with Crippen LogP contribution in [0.2, 0.25) is 0 Å². The maximum Gasteiger partial charge on any atom is 0.295 e. The Labute approximate surface area is 51.7 Å². The van der Waals surface area contributed by atoms with Crippen molar-refractivity contribution in [3.05, 3.63) is 10.1 Å². The molecule has 52 valence electrons. The quantitative estimate of drug-likeness (QED) is 0.312. The van der Waals surface area contributed by atoms with E-state index in [1.54, 1.807) is 0 Å². The van der Waals surface area contributed by atoms with Gasteiger partial charge in [0.25, 0.3) is 5.09 Å². The Morgan fingerprint density at radius 3 is 2.22 bits per heavy atom. The van der Waals surface area contributed by atoms with Gasteiger partial charge < -0.3 is 9.63 Å². The van der Waals surface area contributed by atoms with Gasteiger partial charge >= 0.3 is 0 Å². The van der Waals surface area contributed by atoms with Crippen LogP contribution in [0.3, 0.4) is 0 Å². The molecule has 0 radical (unpaired) electrons. The summed E-state index contributed by atoms with van der Waals surface area (Å²) >= 11 is 0. The number of hydrogen-bond acceptors (Lipinski definition) is 4. The predicted molar refractivity (Wildman–Crippen MR) is 28.2 cm³/mol. The average molecular weight is 133 g/mol. The zero-order chi connectivity index (χ0) is 7.49. The Morgan fingerprint density at radius 1 is 1.67 bits per heavy atom. The largest absolute Gasteiger partial charge is 0.301 e. The van der Waals surface area contributed by atoms with Gasteiger partial charge in [-0.2, -0.15) is 0 Å². The van der Waals surface area contributed by atoms with E-state index < -0.39 is 10.7 Å². The Bertz CT molecular complexity index is 131. The Kier molecular flexibility index (Phi) is 2.12. The first kappa shape index (κ1) is 7.87. The molecule has 0 bridgehead atoms. The van der Waals surface area contributed by atoms with Gasteiger partial charge in [0.2, 0.25) is 0 Å². The smallest absolute Gasteiger partial charge is 0.295 e. The van der Waals surface area contributed by atoms with Crippen molar-refractivity contribution in [1.29, 1.82) is 0 Å². The normalized spacial score (nSPS) is 10.4. The van der Waals surface area contributed by atoms with E-state index in [0.717, 1.165) is 0 Å². The summed E-state index contributed by atoms with van der Waals surface area (Å²) in [7, 11) is 0. The van der Waals surface area contributed by atoms with Gasteiger partial charge in [0, 0.05) is 0 Å². The van der Waals surface area contributed by atoms with E-state index in [1.807, 2.05) is 0 Å². The highest BCUT2D eigenvalue weighted by Crippen LogP contribution is 2.03. The van der Waals surface area contributed by atoms with Gasteiger partial charge in [0.05, 0.1) is 0 Å². The molecule has 0 saturated carbocycles. The molecule has 0 aromatic carbocycles. The summed E-state index contributed by atoms with van der Waals surface area (Å²) < 4.78 is 0. The summed E-state index contributed by atoms with van der Waals surface area (Å²) in [6.07, 6.45) is 0.371. The Balaban J connectivity index is 3.86. The number of hydrogen-bond donors (Lipinski definition) is 0. The first-order valence-corrected chi connectivity index (χ1v) is 2.28. The van der Waals surface area contributed by atoms with Crippen molar-refractivity contribution in [2.75, 3.05) is 0 Å². The van der Waals surface area contributed by atoms with Crippen molar-refractivity contribution in [2.24, 2.45) is 0 Å². The van der Waals surface area contributed by atoms with Crippen molar-refractivity contribution >= 4 is 6.29 Å². The average Bonchev–Trinajstić information content (AvgIpc) is 1.63. The minimum Gasteiger partial charge on any atom is -0.301 e. The molecule has 0 amide bonds. The fourth-order valence-corrected chi connectivity index (χ4v) is 0.214. The molecule has 0 atom stereocenters. The van der Waals surface area contributed by atoms with E-state index in [0.29, 0.717) is 6.29 Å². The van der Waals surface area contributed by atoms with E-state index in [-0.39, 0.29) is 0 Å². The third-order valence-corrected chi connectivity index (χ3v) is 0.594. The first-order chi connectivity index (χ1) is 3.98. The van der Waals surface area contributed by atoms with E-state index in [4.69, 9.17) is 0 Å².